The van der Waals surface area contributed by atoms with Crippen molar-refractivity contribution < 1.29 is 13.9 Å². The lowest BCUT2D eigenvalue weighted by atomic mass is 10.1. The Labute approximate surface area is 146 Å². The van der Waals surface area contributed by atoms with Gasteiger partial charge in [-0.3, -0.25) is 4.79 Å². The molecule has 2 aromatic rings. The minimum Gasteiger partial charge on any atom is -0.457 e. The zero-order chi connectivity index (χ0) is 17.6. The van der Waals surface area contributed by atoms with Crippen molar-refractivity contribution in [1.29, 1.82) is 0 Å². The van der Waals surface area contributed by atoms with Gasteiger partial charge in [-0.2, -0.15) is 0 Å². The zero-order valence-electron chi connectivity index (χ0n) is 13.9. The number of rotatable bonds is 6. The van der Waals surface area contributed by atoms with Crippen LogP contribution in [-0.2, 0) is 6.42 Å². The molecule has 25 heavy (non-hydrogen) atoms. The highest BCUT2D eigenvalue weighted by molar-refractivity contribution is 5.95. The van der Waals surface area contributed by atoms with Gasteiger partial charge in [-0.15, -0.1) is 0 Å². The number of nitrogens with one attached hydrogen (secondary N) is 2. The Kier molecular flexibility index (Phi) is 5.63. The molecule has 0 aromatic heterocycles. The molecule has 1 saturated heterocycles. The second-order valence-electron chi connectivity index (χ2n) is 6.09. The SMILES string of the molecule is NCCc1ccc(Oc2ccc(F)c(C(=O)N[C@H]3CCNC3)c2)cc1. The average Bonchev–Trinajstić information content (AvgIpc) is 3.11. The molecule has 0 spiro atoms. The summed E-state index contributed by atoms with van der Waals surface area (Å²) in [4.78, 5) is 12.3. The molecule has 4 N–H and O–H groups in total. The number of hydrogen-bond acceptors (Lipinski definition) is 4. The van der Waals surface area contributed by atoms with Gasteiger partial charge < -0.3 is 21.1 Å². The molecule has 1 heterocycles. The molecular weight excluding hydrogens is 321 g/mol. The van der Waals surface area contributed by atoms with Crippen LogP contribution in [0.15, 0.2) is 42.5 Å². The Morgan fingerprint density at radius 3 is 2.68 bits per heavy atom. The first-order valence-corrected chi connectivity index (χ1v) is 8.43. The molecule has 1 aliphatic heterocycles. The normalized spacial score (nSPS) is 16.6. The van der Waals surface area contributed by atoms with Crippen molar-refractivity contribution in [3.05, 3.63) is 59.4 Å². The van der Waals surface area contributed by atoms with E-state index in [0.29, 0.717) is 24.6 Å². The largest absolute Gasteiger partial charge is 0.457 e. The van der Waals surface area contributed by atoms with Gasteiger partial charge in [0.05, 0.1) is 5.56 Å². The van der Waals surface area contributed by atoms with Crippen LogP contribution in [-0.4, -0.2) is 31.6 Å². The van der Waals surface area contributed by atoms with Crippen molar-refractivity contribution in [2.45, 2.75) is 18.9 Å². The Bertz CT molecular complexity index is 728. The van der Waals surface area contributed by atoms with E-state index >= 15 is 0 Å². The highest BCUT2D eigenvalue weighted by atomic mass is 19.1. The van der Waals surface area contributed by atoms with Gasteiger partial charge >= 0.3 is 0 Å². The first-order valence-electron chi connectivity index (χ1n) is 8.43. The van der Waals surface area contributed by atoms with E-state index in [4.69, 9.17) is 10.5 Å². The fraction of sp³-hybridized carbons (Fsp3) is 0.316. The summed E-state index contributed by atoms with van der Waals surface area (Å²) in [7, 11) is 0. The van der Waals surface area contributed by atoms with Gasteiger partial charge in [0, 0.05) is 12.6 Å². The van der Waals surface area contributed by atoms with Gasteiger partial charge in [0.1, 0.15) is 17.3 Å². The van der Waals surface area contributed by atoms with Crippen molar-refractivity contribution >= 4 is 5.91 Å². The Morgan fingerprint density at radius 1 is 1.24 bits per heavy atom. The lowest BCUT2D eigenvalue weighted by Crippen LogP contribution is -2.36. The van der Waals surface area contributed by atoms with Crippen molar-refractivity contribution in [2.75, 3.05) is 19.6 Å². The average molecular weight is 343 g/mol. The minimum absolute atomic E-state index is 0.0100. The zero-order valence-corrected chi connectivity index (χ0v) is 13.9. The number of carbonyl (C=O) groups excluding carboxylic acids is 1. The van der Waals surface area contributed by atoms with E-state index in [1.807, 2.05) is 24.3 Å². The number of ether oxygens (including phenoxy) is 1. The lowest BCUT2D eigenvalue weighted by molar-refractivity contribution is 0.0935. The molecule has 2 aromatic carbocycles. The van der Waals surface area contributed by atoms with E-state index < -0.39 is 11.7 Å². The first-order chi connectivity index (χ1) is 12.2. The summed E-state index contributed by atoms with van der Waals surface area (Å²) in [6.45, 7) is 2.16. The molecular formula is C19H22FN3O2. The maximum absolute atomic E-state index is 14.0. The first kappa shape index (κ1) is 17.4. The van der Waals surface area contributed by atoms with Gasteiger partial charge in [0.15, 0.2) is 0 Å². The highest BCUT2D eigenvalue weighted by Gasteiger charge is 2.20. The van der Waals surface area contributed by atoms with Crippen molar-refractivity contribution in [3.63, 3.8) is 0 Å². The summed E-state index contributed by atoms with van der Waals surface area (Å²) in [5.74, 6) is 0.0606. The lowest BCUT2D eigenvalue weighted by Gasteiger charge is -2.13. The summed E-state index contributed by atoms with van der Waals surface area (Å²) in [6.07, 6.45) is 1.65. The van der Waals surface area contributed by atoms with Crippen LogP contribution < -0.4 is 21.1 Å². The molecule has 0 aliphatic carbocycles. The second kappa shape index (κ2) is 8.09. The number of halogens is 1. The minimum atomic E-state index is -0.561. The molecule has 1 aliphatic rings. The molecule has 0 radical (unpaired) electrons. The summed E-state index contributed by atoms with van der Waals surface area (Å²) in [5, 5.41) is 6.00. The molecule has 1 fully saturated rings. The molecule has 0 saturated carbocycles. The molecule has 6 heteroatoms. The molecule has 132 valence electrons. The highest BCUT2D eigenvalue weighted by Crippen LogP contribution is 2.24. The third-order valence-electron chi connectivity index (χ3n) is 4.17. The van der Waals surface area contributed by atoms with Crippen LogP contribution in [0.2, 0.25) is 0 Å². The quantitative estimate of drug-likeness (QED) is 0.752. The topological polar surface area (TPSA) is 76.4 Å². The van der Waals surface area contributed by atoms with Crippen molar-refractivity contribution in [2.24, 2.45) is 5.73 Å². The smallest absolute Gasteiger partial charge is 0.254 e. The van der Waals surface area contributed by atoms with Crippen LogP contribution in [0.25, 0.3) is 0 Å². The number of hydrogen-bond donors (Lipinski definition) is 3. The van der Waals surface area contributed by atoms with E-state index in [0.717, 1.165) is 24.9 Å². The van der Waals surface area contributed by atoms with E-state index in [-0.39, 0.29) is 11.6 Å². The predicted molar refractivity (Wildman–Crippen MR) is 94.4 cm³/mol. The molecule has 1 amide bonds. The van der Waals surface area contributed by atoms with Crippen LogP contribution in [0.5, 0.6) is 11.5 Å². The number of benzene rings is 2. The molecule has 1 atom stereocenters. The number of carbonyl (C=O) groups is 1. The van der Waals surface area contributed by atoms with Gasteiger partial charge in [-0.05, 0) is 61.8 Å². The van der Waals surface area contributed by atoms with Crippen LogP contribution in [0, 0.1) is 5.82 Å². The van der Waals surface area contributed by atoms with E-state index in [9.17, 15) is 9.18 Å². The maximum Gasteiger partial charge on any atom is 0.254 e. The molecule has 0 unspecified atom stereocenters. The Balaban J connectivity index is 1.70. The van der Waals surface area contributed by atoms with Gasteiger partial charge in [-0.1, -0.05) is 12.1 Å². The van der Waals surface area contributed by atoms with Crippen molar-refractivity contribution in [1.82, 2.24) is 10.6 Å². The number of amides is 1. The van der Waals surface area contributed by atoms with E-state index in [2.05, 4.69) is 10.6 Å². The Hall–Kier alpha value is -2.44. The van der Waals surface area contributed by atoms with Crippen LogP contribution in [0.3, 0.4) is 0 Å². The van der Waals surface area contributed by atoms with E-state index in [1.54, 1.807) is 0 Å². The summed E-state index contributed by atoms with van der Waals surface area (Å²) in [6, 6.07) is 11.8. The standard InChI is InChI=1S/C19H22FN3O2/c20-18-6-5-16(25-15-3-1-13(2-4-15)7-9-21)11-17(18)19(24)23-14-8-10-22-12-14/h1-6,11,14,22H,7-10,12,21H2,(H,23,24)/t14-/m0/s1. The summed E-state index contributed by atoms with van der Waals surface area (Å²) >= 11 is 0. The summed E-state index contributed by atoms with van der Waals surface area (Å²) < 4.78 is 19.8. The van der Waals surface area contributed by atoms with Gasteiger partial charge in [0.2, 0.25) is 0 Å². The maximum atomic E-state index is 14.0. The fourth-order valence-electron chi connectivity index (χ4n) is 2.81. The van der Waals surface area contributed by atoms with E-state index in [1.165, 1.54) is 18.2 Å². The predicted octanol–water partition coefficient (Wildman–Crippen LogP) is 2.21. The molecule has 5 nitrogen and oxygen atoms in total. The molecule has 3 rings (SSSR count). The third kappa shape index (κ3) is 4.55. The Morgan fingerprint density at radius 2 is 2.00 bits per heavy atom. The van der Waals surface area contributed by atoms with Crippen LogP contribution in [0.4, 0.5) is 4.39 Å². The van der Waals surface area contributed by atoms with Gasteiger partial charge in [0.25, 0.3) is 5.91 Å². The number of nitrogens with two attached hydrogens (primary N) is 1. The van der Waals surface area contributed by atoms with Crippen LogP contribution >= 0.6 is 0 Å². The van der Waals surface area contributed by atoms with Crippen molar-refractivity contribution in [3.8, 4) is 11.5 Å². The monoisotopic (exact) mass is 343 g/mol. The van der Waals surface area contributed by atoms with Crippen LogP contribution in [0.1, 0.15) is 22.3 Å². The molecule has 0 bridgehead atoms. The second-order valence-corrected chi connectivity index (χ2v) is 6.09. The third-order valence-corrected chi connectivity index (χ3v) is 4.17. The van der Waals surface area contributed by atoms with Gasteiger partial charge in [-0.25, -0.2) is 4.39 Å². The fourth-order valence-corrected chi connectivity index (χ4v) is 2.81. The summed E-state index contributed by atoms with van der Waals surface area (Å²) in [5.41, 5.74) is 6.65.